The Hall–Kier alpha value is -1.32. The van der Waals surface area contributed by atoms with Crippen molar-refractivity contribution in [3.05, 3.63) is 17.7 Å². The third kappa shape index (κ3) is 2.03. The maximum absolute atomic E-state index is 11.0. The van der Waals surface area contributed by atoms with Crippen LogP contribution in [0.1, 0.15) is 54.3 Å². The number of hydrogen-bond acceptors (Lipinski definition) is 2. The SMILES string of the molecule is Cn1cc(C(N)=O)nc1C1CCCCC1. The van der Waals surface area contributed by atoms with Crippen molar-refractivity contribution in [2.24, 2.45) is 12.8 Å². The first-order chi connectivity index (χ1) is 7.18. The van der Waals surface area contributed by atoms with Crippen LogP contribution >= 0.6 is 0 Å². The van der Waals surface area contributed by atoms with E-state index >= 15 is 0 Å². The van der Waals surface area contributed by atoms with Crippen LogP contribution in [0.5, 0.6) is 0 Å². The first-order valence-electron chi connectivity index (χ1n) is 5.51. The standard InChI is InChI=1S/C11H17N3O/c1-14-7-9(10(12)15)13-11(14)8-5-3-2-4-6-8/h7-8H,2-6H2,1H3,(H2,12,15). The minimum Gasteiger partial charge on any atom is -0.364 e. The van der Waals surface area contributed by atoms with E-state index in [9.17, 15) is 4.79 Å². The third-order valence-electron chi connectivity index (χ3n) is 3.14. The molecule has 1 aromatic rings. The Kier molecular flexibility index (Phi) is 2.75. The number of aryl methyl sites for hydroxylation is 1. The molecule has 1 aromatic heterocycles. The van der Waals surface area contributed by atoms with Crippen molar-refractivity contribution >= 4 is 5.91 Å². The summed E-state index contributed by atoms with van der Waals surface area (Å²) in [6.07, 6.45) is 7.95. The van der Waals surface area contributed by atoms with Crippen molar-refractivity contribution < 1.29 is 4.79 Å². The Labute approximate surface area is 89.5 Å². The van der Waals surface area contributed by atoms with E-state index in [-0.39, 0.29) is 0 Å². The van der Waals surface area contributed by atoms with Crippen molar-refractivity contribution in [3.8, 4) is 0 Å². The topological polar surface area (TPSA) is 60.9 Å². The zero-order chi connectivity index (χ0) is 10.8. The molecular formula is C11H17N3O. The van der Waals surface area contributed by atoms with E-state index in [1.165, 1.54) is 32.1 Å². The number of carbonyl (C=O) groups is 1. The molecule has 1 amide bonds. The second-order valence-electron chi connectivity index (χ2n) is 4.29. The third-order valence-corrected chi connectivity index (χ3v) is 3.14. The van der Waals surface area contributed by atoms with Crippen molar-refractivity contribution in [1.29, 1.82) is 0 Å². The molecule has 0 spiro atoms. The molecule has 2 rings (SSSR count). The molecule has 0 saturated heterocycles. The smallest absolute Gasteiger partial charge is 0.268 e. The molecule has 1 aliphatic rings. The van der Waals surface area contributed by atoms with Gasteiger partial charge in [0, 0.05) is 19.2 Å². The molecule has 0 radical (unpaired) electrons. The predicted octanol–water partition coefficient (Wildman–Crippen LogP) is 1.57. The lowest BCUT2D eigenvalue weighted by molar-refractivity contribution is 0.0996. The zero-order valence-electron chi connectivity index (χ0n) is 9.07. The van der Waals surface area contributed by atoms with E-state index in [0.29, 0.717) is 11.6 Å². The fourth-order valence-electron chi connectivity index (χ4n) is 2.34. The fraction of sp³-hybridized carbons (Fsp3) is 0.636. The van der Waals surface area contributed by atoms with E-state index in [2.05, 4.69) is 4.98 Å². The molecule has 0 atom stereocenters. The molecule has 1 saturated carbocycles. The number of aromatic nitrogens is 2. The Bertz CT molecular complexity index is 364. The van der Waals surface area contributed by atoms with Crippen LogP contribution in [0.25, 0.3) is 0 Å². The number of hydrogen-bond donors (Lipinski definition) is 1. The van der Waals surface area contributed by atoms with E-state index in [1.54, 1.807) is 6.20 Å². The van der Waals surface area contributed by atoms with Gasteiger partial charge in [0.25, 0.3) is 5.91 Å². The highest BCUT2D eigenvalue weighted by molar-refractivity contribution is 5.90. The first kappa shape index (κ1) is 10.2. The predicted molar refractivity (Wildman–Crippen MR) is 57.6 cm³/mol. The van der Waals surface area contributed by atoms with Gasteiger partial charge in [-0.2, -0.15) is 0 Å². The maximum atomic E-state index is 11.0. The van der Waals surface area contributed by atoms with E-state index < -0.39 is 5.91 Å². The Morgan fingerprint density at radius 2 is 2.13 bits per heavy atom. The van der Waals surface area contributed by atoms with Crippen molar-refractivity contribution in [1.82, 2.24) is 9.55 Å². The van der Waals surface area contributed by atoms with Gasteiger partial charge in [0.1, 0.15) is 11.5 Å². The van der Waals surface area contributed by atoms with Crippen molar-refractivity contribution in [2.45, 2.75) is 38.0 Å². The molecule has 1 fully saturated rings. The average molecular weight is 207 g/mol. The van der Waals surface area contributed by atoms with Crippen molar-refractivity contribution in [3.63, 3.8) is 0 Å². The Balaban J connectivity index is 2.22. The van der Waals surface area contributed by atoms with Crippen LogP contribution in [0.4, 0.5) is 0 Å². The minimum atomic E-state index is -0.437. The molecule has 0 unspecified atom stereocenters. The fourth-order valence-corrected chi connectivity index (χ4v) is 2.34. The number of imidazole rings is 1. The summed E-state index contributed by atoms with van der Waals surface area (Å²) in [6.45, 7) is 0. The lowest BCUT2D eigenvalue weighted by Crippen LogP contribution is -2.12. The number of primary amides is 1. The molecule has 1 aliphatic carbocycles. The molecular weight excluding hydrogens is 190 g/mol. The van der Waals surface area contributed by atoms with Gasteiger partial charge in [-0.15, -0.1) is 0 Å². The van der Waals surface area contributed by atoms with Crippen LogP contribution in [0.2, 0.25) is 0 Å². The van der Waals surface area contributed by atoms with Crippen LogP contribution in [0, 0.1) is 0 Å². The van der Waals surface area contributed by atoms with Gasteiger partial charge in [-0.25, -0.2) is 4.98 Å². The number of nitrogens with zero attached hydrogens (tertiary/aromatic N) is 2. The number of nitrogens with two attached hydrogens (primary N) is 1. The van der Waals surface area contributed by atoms with Gasteiger partial charge in [0.15, 0.2) is 0 Å². The highest BCUT2D eigenvalue weighted by Gasteiger charge is 2.21. The van der Waals surface area contributed by atoms with Crippen LogP contribution < -0.4 is 5.73 Å². The molecule has 0 aromatic carbocycles. The summed E-state index contributed by atoms with van der Waals surface area (Å²) >= 11 is 0. The lowest BCUT2D eigenvalue weighted by atomic mass is 9.89. The van der Waals surface area contributed by atoms with E-state index in [0.717, 1.165) is 5.82 Å². The Morgan fingerprint density at radius 1 is 1.47 bits per heavy atom. The molecule has 4 nitrogen and oxygen atoms in total. The lowest BCUT2D eigenvalue weighted by Gasteiger charge is -2.20. The molecule has 82 valence electrons. The normalized spacial score (nSPS) is 17.9. The van der Waals surface area contributed by atoms with E-state index in [1.807, 2.05) is 11.6 Å². The highest BCUT2D eigenvalue weighted by atomic mass is 16.1. The van der Waals surface area contributed by atoms with Gasteiger partial charge in [-0.3, -0.25) is 4.79 Å². The van der Waals surface area contributed by atoms with Gasteiger partial charge in [0.2, 0.25) is 0 Å². The molecule has 2 N–H and O–H groups in total. The molecule has 4 heteroatoms. The summed E-state index contributed by atoms with van der Waals surface area (Å²) in [5.74, 6) is 1.09. The Morgan fingerprint density at radius 3 is 2.67 bits per heavy atom. The average Bonchev–Trinajstić information content (AvgIpc) is 2.62. The van der Waals surface area contributed by atoms with Gasteiger partial charge >= 0.3 is 0 Å². The number of carbonyl (C=O) groups excluding carboxylic acids is 1. The summed E-state index contributed by atoms with van der Waals surface area (Å²) in [5.41, 5.74) is 5.60. The summed E-state index contributed by atoms with van der Waals surface area (Å²) in [4.78, 5) is 15.3. The summed E-state index contributed by atoms with van der Waals surface area (Å²) in [7, 11) is 1.93. The first-order valence-corrected chi connectivity index (χ1v) is 5.51. The number of amides is 1. The van der Waals surface area contributed by atoms with Crippen LogP contribution in [0.15, 0.2) is 6.20 Å². The largest absolute Gasteiger partial charge is 0.364 e. The highest BCUT2D eigenvalue weighted by Crippen LogP contribution is 2.31. The summed E-state index contributed by atoms with van der Waals surface area (Å²) < 4.78 is 1.94. The number of rotatable bonds is 2. The van der Waals surface area contributed by atoms with Gasteiger partial charge in [-0.05, 0) is 12.8 Å². The quantitative estimate of drug-likeness (QED) is 0.800. The minimum absolute atomic E-state index is 0.387. The zero-order valence-corrected chi connectivity index (χ0v) is 9.07. The van der Waals surface area contributed by atoms with Crippen LogP contribution in [-0.4, -0.2) is 15.5 Å². The molecule has 0 bridgehead atoms. The molecule has 15 heavy (non-hydrogen) atoms. The molecule has 1 heterocycles. The van der Waals surface area contributed by atoms with Gasteiger partial charge < -0.3 is 10.3 Å². The van der Waals surface area contributed by atoms with Crippen molar-refractivity contribution in [2.75, 3.05) is 0 Å². The van der Waals surface area contributed by atoms with E-state index in [4.69, 9.17) is 5.73 Å². The van der Waals surface area contributed by atoms with Gasteiger partial charge in [0.05, 0.1) is 0 Å². The summed E-state index contributed by atoms with van der Waals surface area (Å²) in [5, 5.41) is 0. The van der Waals surface area contributed by atoms with Gasteiger partial charge in [-0.1, -0.05) is 19.3 Å². The second kappa shape index (κ2) is 4.04. The van der Waals surface area contributed by atoms with Crippen LogP contribution in [0.3, 0.4) is 0 Å². The second-order valence-corrected chi connectivity index (χ2v) is 4.29. The van der Waals surface area contributed by atoms with Crippen LogP contribution in [-0.2, 0) is 7.05 Å². The maximum Gasteiger partial charge on any atom is 0.268 e. The monoisotopic (exact) mass is 207 g/mol. The molecule has 0 aliphatic heterocycles. The summed E-state index contributed by atoms with van der Waals surface area (Å²) in [6, 6.07) is 0.